The maximum absolute atomic E-state index is 12.1. The number of hydrogen-bond donors (Lipinski definition) is 6. The minimum Gasteiger partial charge on any atom is -1.00 e. The third-order valence-corrected chi connectivity index (χ3v) is 10.3. The number of ether oxygens (including phenoxy) is 2. The first-order valence-corrected chi connectivity index (χ1v) is 22.4. The zero-order chi connectivity index (χ0) is 56.5. The van der Waals surface area contributed by atoms with E-state index in [4.69, 9.17) is 48.6 Å². The summed E-state index contributed by atoms with van der Waals surface area (Å²) in [5.41, 5.74) is 8.45. The second kappa shape index (κ2) is 34.4. The molecule has 78 heavy (non-hydrogen) atoms. The quantitative estimate of drug-likeness (QED) is 0.0247. The number of nitro benzene ring substituents is 3. The minimum absolute atomic E-state index is 0. The largest absolute Gasteiger partial charge is 1.00 e. The van der Waals surface area contributed by atoms with Crippen LogP contribution >= 0.6 is 23.2 Å². The number of aliphatic carboxylic acids is 1. The van der Waals surface area contributed by atoms with Gasteiger partial charge in [0.15, 0.2) is 0 Å². The van der Waals surface area contributed by atoms with Gasteiger partial charge < -0.3 is 46.1 Å². The van der Waals surface area contributed by atoms with Crippen molar-refractivity contribution in [2.75, 3.05) is 25.4 Å². The van der Waals surface area contributed by atoms with Crippen LogP contribution in [0.1, 0.15) is 63.7 Å². The standard InChI is InChI=1S/C17H16N2O5.C16H13ClN2O5.C10H12N2O3.C7H4ClNO4.FH.K/c1-12-7-8-14(19(22)23)9-15(12)17(21)18-10-16(20)24-11-13-5-3-2-4-6-13;17-14-7-6-12(19(22)23)8-13(14)16(21)18-9-15(20)24-10-11-4-2-1-3-5-11;1-6-2-3-7(11)4-8(6)10(15)12-5-9(13)14;8-6-2-1-4(9(12)13)3-5(6)7(10)11;;/h2-9H,10-11H2,1H3,(H,18,21);1-8H,9-10H2,(H,18,21);2-4H,5,11H2,1H3,(H,12,15)(H,13,14);1-3H,(H,10,11);1H;/q;;;;;+1/p-1/i;;;;1-1;. The van der Waals surface area contributed by atoms with Crippen LogP contribution in [0.15, 0.2) is 133 Å². The van der Waals surface area contributed by atoms with Gasteiger partial charge in [-0.1, -0.05) is 96.0 Å². The molecule has 0 aliphatic carbocycles. The topological polar surface area (TPSA) is 370 Å². The van der Waals surface area contributed by atoms with Crippen LogP contribution in [0.2, 0.25) is 10.0 Å². The molecule has 6 rings (SSSR count). The molecule has 28 heteroatoms. The first-order valence-electron chi connectivity index (χ1n) is 21.6. The number of esters is 2. The summed E-state index contributed by atoms with van der Waals surface area (Å²) in [5, 5.41) is 55.8. The molecule has 0 radical (unpaired) electrons. The monoisotopic (exact) mass is 1140 g/mol. The number of non-ortho nitro benzene ring substituents is 3. The van der Waals surface area contributed by atoms with Crippen LogP contribution < -0.4 is 77.8 Å². The van der Waals surface area contributed by atoms with E-state index >= 15 is 0 Å². The average Bonchev–Trinajstić information content (AvgIpc) is 3.39. The summed E-state index contributed by atoms with van der Waals surface area (Å²) in [5.74, 6) is -5.27. The van der Waals surface area contributed by atoms with E-state index in [-0.39, 0.29) is 126 Å². The Balaban J connectivity index is 0.000000532. The van der Waals surface area contributed by atoms with Crippen LogP contribution in [0.25, 0.3) is 0 Å². The average molecular weight is 1140 g/mol. The molecule has 6 aromatic rings. The Hall–Kier alpha value is -8.24. The predicted octanol–water partition coefficient (Wildman–Crippen LogP) is 1.44. The molecule has 404 valence electrons. The van der Waals surface area contributed by atoms with Gasteiger partial charge in [0.2, 0.25) is 0 Å². The predicted molar refractivity (Wildman–Crippen MR) is 274 cm³/mol. The molecule has 6 aromatic carbocycles. The third-order valence-electron chi connectivity index (χ3n) is 9.65. The molecule has 0 aromatic heterocycles. The van der Waals surface area contributed by atoms with Gasteiger partial charge in [-0.2, -0.15) is 0 Å². The van der Waals surface area contributed by atoms with Crippen LogP contribution in [0.4, 0.5) is 22.7 Å². The van der Waals surface area contributed by atoms with E-state index in [0.29, 0.717) is 16.8 Å². The van der Waals surface area contributed by atoms with Gasteiger partial charge in [-0.3, -0.25) is 59.1 Å². The Morgan fingerprint density at radius 1 is 0.513 bits per heavy atom. The fraction of sp³-hybridized carbons (Fsp3) is 0.140. The number of nitrogens with two attached hydrogens (primary N) is 1. The summed E-state index contributed by atoms with van der Waals surface area (Å²) >= 11 is 11.3. The maximum atomic E-state index is 12.1. The van der Waals surface area contributed by atoms with Gasteiger partial charge in [-0.05, 0) is 60.4 Å². The van der Waals surface area contributed by atoms with Gasteiger partial charge in [0.1, 0.15) is 32.8 Å². The molecule has 0 unspecified atom stereocenters. The minimum atomic E-state index is -1.28. The van der Waals surface area contributed by atoms with Gasteiger partial charge in [0.05, 0.1) is 35.9 Å². The Morgan fingerprint density at radius 3 is 1.27 bits per heavy atom. The van der Waals surface area contributed by atoms with E-state index in [2.05, 4.69) is 16.0 Å². The van der Waals surface area contributed by atoms with Crippen LogP contribution in [0.3, 0.4) is 0 Å². The fourth-order valence-electron chi connectivity index (χ4n) is 5.77. The number of nitro groups is 3. The van der Waals surface area contributed by atoms with Crippen LogP contribution in [-0.4, -0.2) is 86.2 Å². The molecule has 0 aliphatic rings. The van der Waals surface area contributed by atoms with Crippen molar-refractivity contribution in [2.45, 2.75) is 27.1 Å². The molecule has 0 heterocycles. The second-order valence-electron chi connectivity index (χ2n) is 15.2. The molecule has 0 aliphatic heterocycles. The number of halogens is 3. The van der Waals surface area contributed by atoms with Crippen molar-refractivity contribution in [3.8, 4) is 0 Å². The SMILES string of the molecule is Cc1ccc(N)cc1C(=O)NCC(=O)O.Cc1ccc([N+](=O)[O-])cc1C(=O)NCC(=O)OCc1ccccc1.O=C(CNC(=O)c1cc([N+](=O)[O-])ccc1Cl)OCc1ccccc1.O=C(O)c1cc([N+](=O)[O-])ccc1Cl.[18F-].[K+]. The molecule has 0 saturated heterocycles. The summed E-state index contributed by atoms with van der Waals surface area (Å²) in [7, 11) is 0. The number of rotatable bonds is 17. The zero-order valence-corrected chi connectivity index (χ0v) is 45.9. The van der Waals surface area contributed by atoms with E-state index in [1.165, 1.54) is 42.5 Å². The smallest absolute Gasteiger partial charge is 1.00 e. The van der Waals surface area contributed by atoms with Crippen LogP contribution in [-0.2, 0) is 37.1 Å². The number of nitrogens with zero attached hydrogens (tertiary/aromatic N) is 3. The van der Waals surface area contributed by atoms with E-state index in [0.717, 1.165) is 34.9 Å². The fourth-order valence-corrected chi connectivity index (χ4v) is 6.17. The van der Waals surface area contributed by atoms with Crippen molar-refractivity contribution in [3.05, 3.63) is 218 Å². The number of carboxylic acid groups (broad SMARTS) is 2. The van der Waals surface area contributed by atoms with Crippen molar-refractivity contribution in [1.29, 1.82) is 0 Å². The van der Waals surface area contributed by atoms with Gasteiger partial charge in [-0.25, -0.2) is 4.79 Å². The molecular weight excluding hydrogens is 1100 g/mol. The van der Waals surface area contributed by atoms with E-state index in [9.17, 15) is 63.9 Å². The van der Waals surface area contributed by atoms with Crippen molar-refractivity contribution < 1.29 is 124 Å². The molecule has 24 nitrogen and oxygen atoms in total. The number of amides is 3. The van der Waals surface area contributed by atoms with E-state index in [1.54, 1.807) is 38.1 Å². The Labute approximate surface area is 494 Å². The van der Waals surface area contributed by atoms with E-state index in [1.807, 2.05) is 48.5 Å². The number of carboxylic acids is 2. The Morgan fingerprint density at radius 2 is 0.859 bits per heavy atom. The number of anilines is 1. The summed E-state index contributed by atoms with van der Waals surface area (Å²) in [6.07, 6.45) is 0. The normalized spacial score (nSPS) is 9.64. The van der Waals surface area contributed by atoms with Crippen molar-refractivity contribution in [1.82, 2.24) is 16.0 Å². The zero-order valence-electron chi connectivity index (χ0n) is 41.3. The molecule has 3 amide bonds. The van der Waals surface area contributed by atoms with Gasteiger partial charge in [0.25, 0.3) is 34.8 Å². The number of nitrogens with one attached hydrogen (secondary N) is 3. The summed E-state index contributed by atoms with van der Waals surface area (Å²) in [4.78, 5) is 109. The van der Waals surface area contributed by atoms with Crippen LogP contribution in [0.5, 0.6) is 0 Å². The van der Waals surface area contributed by atoms with Gasteiger partial charge >= 0.3 is 75.3 Å². The van der Waals surface area contributed by atoms with E-state index < -0.39 is 62.9 Å². The first kappa shape index (κ1) is 67.8. The van der Waals surface area contributed by atoms with Crippen LogP contribution in [0, 0.1) is 44.2 Å². The number of aryl methyl sites for hydroxylation is 2. The van der Waals surface area contributed by atoms with Crippen molar-refractivity contribution in [3.63, 3.8) is 0 Å². The number of benzene rings is 6. The number of nitrogen functional groups attached to an aromatic ring is 1. The summed E-state index contributed by atoms with van der Waals surface area (Å²) in [6, 6.07) is 33.9. The summed E-state index contributed by atoms with van der Waals surface area (Å²) < 4.78 is 10.1. The van der Waals surface area contributed by atoms with Gasteiger partial charge in [0, 0.05) is 53.2 Å². The number of carbonyl (C=O) groups excluding carboxylic acids is 5. The molecule has 0 fully saturated rings. The first-order chi connectivity index (χ1) is 36.0. The Kier molecular flexibility index (Phi) is 29.9. The second-order valence-corrected chi connectivity index (χ2v) is 16.0. The van der Waals surface area contributed by atoms with Gasteiger partial charge in [-0.15, -0.1) is 0 Å². The third kappa shape index (κ3) is 23.7. The Bertz CT molecular complexity index is 2990. The van der Waals surface area contributed by atoms with Crippen molar-refractivity contribution >= 4 is 87.6 Å². The number of hydrogen-bond acceptors (Lipinski definition) is 16. The number of carbonyl (C=O) groups is 7. The summed E-state index contributed by atoms with van der Waals surface area (Å²) in [6.45, 7) is 2.55. The number of aromatic carboxylic acids is 1. The molecule has 0 spiro atoms. The molecular formula is C50H45Cl2FKN7O17. The molecule has 7 N–H and O–H groups in total. The molecule has 0 bridgehead atoms. The maximum Gasteiger partial charge on any atom is 1.00 e. The molecule has 0 atom stereocenters. The molecule has 0 saturated carbocycles. The van der Waals surface area contributed by atoms with Crippen molar-refractivity contribution in [2.24, 2.45) is 0 Å².